The Morgan fingerprint density at radius 2 is 0.580 bits per heavy atom. The predicted molar refractivity (Wildman–Crippen MR) is 542 cm³/mol. The SMILES string of the molecule is c1ccc(-c2cc(-c3cccc4sc5ccccc5c34)cc(-n3c4ccccc4c4cc5oc6ccccc6c5cc43)c2)cc1.c1ccc(-c2ccc(-c3nc(-n4c5ccccc5c5cc6c(cc54)oc4ccccc46)nc4ccccc34)cc2)cc1.c1ccc(-c2nc(-c3ccccc3)nc(-c3cccc(-n4c5ccccc5c5cc6oc7ccccc7c6cc54)c3)n2)cc1. The summed E-state index contributed by atoms with van der Waals surface area (Å²) in [5.41, 5.74) is 27.1. The zero-order valence-electron chi connectivity index (χ0n) is 70.3. The molecule has 0 saturated heterocycles. The molecule has 12 heteroatoms. The Balaban J connectivity index is 0.000000103. The monoisotopic (exact) mass is 1690 g/mol. The molecule has 0 atom stereocenters. The number of benzene rings is 19. The number of rotatable bonds is 10. The summed E-state index contributed by atoms with van der Waals surface area (Å²) in [4.78, 5) is 25.2. The van der Waals surface area contributed by atoms with E-state index < -0.39 is 0 Å². The van der Waals surface area contributed by atoms with Crippen molar-refractivity contribution in [3.8, 4) is 96.1 Å². The van der Waals surface area contributed by atoms with Crippen molar-refractivity contribution in [2.75, 3.05) is 0 Å². The zero-order valence-corrected chi connectivity index (χ0v) is 71.1. The largest absolute Gasteiger partial charge is 0.456 e. The van der Waals surface area contributed by atoms with Gasteiger partial charge in [0.05, 0.1) is 44.3 Å². The molecule has 0 bridgehead atoms. The van der Waals surface area contributed by atoms with Crippen LogP contribution in [0.4, 0.5) is 0 Å². The van der Waals surface area contributed by atoms with E-state index in [9.17, 15) is 0 Å². The lowest BCUT2D eigenvalue weighted by Gasteiger charge is -2.15. The number of fused-ring (bicyclic) bond motifs is 22. The molecule has 28 rings (SSSR count). The zero-order chi connectivity index (χ0) is 86.1. The molecule has 0 saturated carbocycles. The molecule has 0 N–H and O–H groups in total. The van der Waals surface area contributed by atoms with Gasteiger partial charge < -0.3 is 22.4 Å². The third-order valence-electron chi connectivity index (χ3n) is 25.6. The third kappa shape index (κ3) is 12.7. The molecule has 131 heavy (non-hydrogen) atoms. The molecule has 0 radical (unpaired) electrons. The number of aromatic nitrogens is 8. The van der Waals surface area contributed by atoms with Crippen LogP contribution in [0.3, 0.4) is 0 Å². The van der Waals surface area contributed by atoms with Crippen LogP contribution in [0.5, 0.6) is 0 Å². The van der Waals surface area contributed by atoms with Gasteiger partial charge in [-0.25, -0.2) is 24.9 Å². The lowest BCUT2D eigenvalue weighted by molar-refractivity contribution is 0.669. The summed E-state index contributed by atoms with van der Waals surface area (Å²) in [6.45, 7) is 0. The highest BCUT2D eigenvalue weighted by Gasteiger charge is 2.25. The van der Waals surface area contributed by atoms with Gasteiger partial charge in [-0.1, -0.05) is 315 Å². The molecular formula is C119H72N8O3S. The first-order valence-electron chi connectivity index (χ1n) is 44.0. The maximum Gasteiger partial charge on any atom is 0.235 e. The normalized spacial score (nSPS) is 11.8. The minimum Gasteiger partial charge on any atom is -0.456 e. The lowest BCUT2D eigenvalue weighted by Crippen LogP contribution is -2.03. The molecule has 0 unspecified atom stereocenters. The summed E-state index contributed by atoms with van der Waals surface area (Å²) in [5.74, 6) is 2.55. The topological polar surface area (TPSA) is 119 Å². The third-order valence-corrected chi connectivity index (χ3v) is 26.8. The van der Waals surface area contributed by atoms with Crippen molar-refractivity contribution in [3.63, 3.8) is 0 Å². The number of furan rings is 3. The number of hydrogen-bond acceptors (Lipinski definition) is 9. The molecule has 0 fully saturated rings. The fraction of sp³-hybridized carbons (Fsp3) is 0. The van der Waals surface area contributed by atoms with Gasteiger partial charge in [0.1, 0.15) is 33.5 Å². The first kappa shape index (κ1) is 74.9. The summed E-state index contributed by atoms with van der Waals surface area (Å²) in [6, 6.07) is 153. The highest BCUT2D eigenvalue weighted by molar-refractivity contribution is 7.26. The molecule has 28 aromatic rings. The number of para-hydroxylation sites is 7. The van der Waals surface area contributed by atoms with Crippen molar-refractivity contribution in [2.24, 2.45) is 0 Å². The van der Waals surface area contributed by atoms with Crippen molar-refractivity contribution >= 4 is 174 Å². The van der Waals surface area contributed by atoms with Crippen LogP contribution in [0.25, 0.3) is 258 Å². The second-order valence-corrected chi connectivity index (χ2v) is 34.4. The first-order chi connectivity index (χ1) is 64.9. The minimum absolute atomic E-state index is 0.628. The van der Waals surface area contributed by atoms with Crippen molar-refractivity contribution in [3.05, 3.63) is 437 Å². The molecule has 0 spiro atoms. The lowest BCUT2D eigenvalue weighted by atomic mass is 9.95. The van der Waals surface area contributed by atoms with Gasteiger partial charge in [0.15, 0.2) is 17.5 Å². The van der Waals surface area contributed by atoms with E-state index in [0.29, 0.717) is 23.4 Å². The van der Waals surface area contributed by atoms with Crippen LogP contribution < -0.4 is 0 Å². The Morgan fingerprint density at radius 1 is 0.191 bits per heavy atom. The van der Waals surface area contributed by atoms with Crippen molar-refractivity contribution in [1.82, 2.24) is 38.6 Å². The van der Waals surface area contributed by atoms with E-state index in [2.05, 4.69) is 341 Å². The molecule has 0 aliphatic carbocycles. The van der Waals surface area contributed by atoms with Crippen LogP contribution in [0.2, 0.25) is 0 Å². The van der Waals surface area contributed by atoms with Gasteiger partial charge in [-0.3, -0.25) is 4.57 Å². The van der Waals surface area contributed by atoms with E-state index >= 15 is 0 Å². The smallest absolute Gasteiger partial charge is 0.235 e. The van der Waals surface area contributed by atoms with Crippen LogP contribution in [-0.2, 0) is 0 Å². The fourth-order valence-electron chi connectivity index (χ4n) is 19.6. The highest BCUT2D eigenvalue weighted by Crippen LogP contribution is 2.47. The molecule has 0 aliphatic heterocycles. The summed E-state index contributed by atoms with van der Waals surface area (Å²) in [5, 5.41) is 17.4. The van der Waals surface area contributed by atoms with E-state index in [1.807, 2.05) is 121 Å². The molecule has 9 aromatic heterocycles. The fourth-order valence-corrected chi connectivity index (χ4v) is 20.7. The Bertz CT molecular complexity index is 9380. The molecule has 612 valence electrons. The standard InChI is InChI=1S/C42H25NOS.C39H24N4O.C38H23N3O/c1-2-11-26(12-3-1)27-21-28(30-16-10-20-41-42(30)33-15-6-9-19-40(33)45-41)23-29(22-27)43-36-17-7-4-13-31(36)34-25-39-35(24-37(34)43)32-14-5-8-18-38(32)44-39;1-3-12-25(13-4-1)37-40-38(26-14-5-2-6-15-26)42-39(41-37)27-16-11-17-28(22-27)43-33-20-9-7-18-29(33)31-24-36-32(23-34(31)43)30-19-8-10-21-35(30)44-36;1-2-10-24(11-3-1)25-18-20-26(21-19-25)37-29-14-4-7-15-32(29)39-38(40-37)41-33-16-8-5-12-27(33)30-22-31-28-13-6-9-17-35(28)42-36(31)23-34(30)41/h1-25H;1-24H;1-23H. The Labute approximate surface area is 753 Å². The molecule has 9 heterocycles. The minimum atomic E-state index is 0.628. The van der Waals surface area contributed by atoms with E-state index in [4.69, 9.17) is 38.2 Å². The van der Waals surface area contributed by atoms with Crippen LogP contribution in [0.1, 0.15) is 0 Å². The summed E-state index contributed by atoms with van der Waals surface area (Å²) in [6.07, 6.45) is 0. The maximum atomic E-state index is 6.34. The van der Waals surface area contributed by atoms with Crippen LogP contribution in [0.15, 0.2) is 450 Å². The Kier molecular flexibility index (Phi) is 17.6. The molecule has 11 nitrogen and oxygen atoms in total. The van der Waals surface area contributed by atoms with Crippen molar-refractivity contribution in [2.45, 2.75) is 0 Å². The molecular weight excluding hydrogens is 1620 g/mol. The number of thiophene rings is 1. The van der Waals surface area contributed by atoms with E-state index in [-0.39, 0.29) is 0 Å². The van der Waals surface area contributed by atoms with Crippen LogP contribution in [-0.4, -0.2) is 38.6 Å². The van der Waals surface area contributed by atoms with E-state index in [0.717, 1.165) is 154 Å². The Morgan fingerprint density at radius 3 is 1.15 bits per heavy atom. The quantitative estimate of drug-likeness (QED) is 0.133. The first-order valence-corrected chi connectivity index (χ1v) is 44.8. The van der Waals surface area contributed by atoms with E-state index in [1.54, 1.807) is 0 Å². The highest BCUT2D eigenvalue weighted by atomic mass is 32.1. The average molecular weight is 1690 g/mol. The van der Waals surface area contributed by atoms with Gasteiger partial charge in [0.2, 0.25) is 5.95 Å². The van der Waals surface area contributed by atoms with E-state index in [1.165, 1.54) is 80.7 Å². The second kappa shape index (κ2) is 30.7. The van der Waals surface area contributed by atoms with Gasteiger partial charge in [-0.2, -0.15) is 0 Å². The van der Waals surface area contributed by atoms with Crippen molar-refractivity contribution in [1.29, 1.82) is 0 Å². The van der Waals surface area contributed by atoms with Gasteiger partial charge in [-0.05, 0) is 149 Å². The van der Waals surface area contributed by atoms with Gasteiger partial charge in [0.25, 0.3) is 0 Å². The predicted octanol–water partition coefficient (Wildman–Crippen LogP) is 32.2. The number of nitrogens with zero attached hydrogens (tertiary/aromatic N) is 8. The van der Waals surface area contributed by atoms with Gasteiger partial charge >= 0.3 is 0 Å². The Hall–Kier alpha value is -17.5. The maximum absolute atomic E-state index is 6.34. The van der Waals surface area contributed by atoms with Gasteiger partial charge in [0, 0.05) is 130 Å². The second-order valence-electron chi connectivity index (χ2n) is 33.3. The van der Waals surface area contributed by atoms with Gasteiger partial charge in [-0.15, -0.1) is 11.3 Å². The summed E-state index contributed by atoms with van der Waals surface area (Å²) < 4.78 is 28.5. The summed E-state index contributed by atoms with van der Waals surface area (Å²) >= 11 is 1.87. The average Bonchev–Trinajstić information content (AvgIpc) is 1.57. The molecule has 19 aromatic carbocycles. The van der Waals surface area contributed by atoms with Crippen molar-refractivity contribution < 1.29 is 13.3 Å². The van der Waals surface area contributed by atoms with Crippen LogP contribution in [0, 0.1) is 0 Å². The number of hydrogen-bond donors (Lipinski definition) is 0. The molecule has 0 amide bonds. The summed E-state index contributed by atoms with van der Waals surface area (Å²) in [7, 11) is 0. The molecule has 0 aliphatic rings. The van der Waals surface area contributed by atoms with Crippen LogP contribution >= 0.6 is 11.3 Å².